The van der Waals surface area contributed by atoms with Gasteiger partial charge in [0.05, 0.1) is 13.4 Å². The lowest BCUT2D eigenvalue weighted by molar-refractivity contribution is -0.117. The lowest BCUT2D eigenvalue weighted by atomic mass is 9.94. The minimum atomic E-state index is -0.390. The standard InChI is InChI=1S/C18H21NO3/c1-18(2,13-14-7-4-5-9-16(14)21-3)19-17(20)11-10-15-8-6-12-22-15/h4-12H,13H2,1-3H3,(H,19,20)/b11-10+. The van der Waals surface area contributed by atoms with Crippen LogP contribution in [0.15, 0.2) is 53.2 Å². The molecular weight excluding hydrogens is 278 g/mol. The zero-order valence-corrected chi connectivity index (χ0v) is 13.1. The molecule has 22 heavy (non-hydrogen) atoms. The van der Waals surface area contributed by atoms with Crippen LogP contribution in [0.3, 0.4) is 0 Å². The maximum Gasteiger partial charge on any atom is 0.244 e. The lowest BCUT2D eigenvalue weighted by Gasteiger charge is -2.26. The number of nitrogens with one attached hydrogen (secondary N) is 1. The average molecular weight is 299 g/mol. The third kappa shape index (κ3) is 4.52. The molecule has 2 aromatic rings. The lowest BCUT2D eigenvalue weighted by Crippen LogP contribution is -2.44. The van der Waals surface area contributed by atoms with Crippen LogP contribution in [-0.4, -0.2) is 18.6 Å². The van der Waals surface area contributed by atoms with Crippen LogP contribution in [0, 0.1) is 0 Å². The monoisotopic (exact) mass is 299 g/mol. The van der Waals surface area contributed by atoms with Crippen molar-refractivity contribution in [1.29, 1.82) is 0 Å². The second-order valence-electron chi connectivity index (χ2n) is 5.71. The predicted molar refractivity (Wildman–Crippen MR) is 86.7 cm³/mol. The maximum atomic E-state index is 12.0. The molecule has 0 atom stereocenters. The quantitative estimate of drug-likeness (QED) is 0.831. The molecular formula is C18H21NO3. The summed E-state index contributed by atoms with van der Waals surface area (Å²) in [5.74, 6) is 1.32. The van der Waals surface area contributed by atoms with E-state index in [0.717, 1.165) is 11.3 Å². The van der Waals surface area contributed by atoms with Gasteiger partial charge in [-0.3, -0.25) is 4.79 Å². The summed E-state index contributed by atoms with van der Waals surface area (Å²) in [6, 6.07) is 11.4. The molecule has 0 radical (unpaired) electrons. The van der Waals surface area contributed by atoms with Crippen molar-refractivity contribution in [3.63, 3.8) is 0 Å². The van der Waals surface area contributed by atoms with Gasteiger partial charge in [-0.2, -0.15) is 0 Å². The molecule has 1 aromatic carbocycles. The number of carbonyl (C=O) groups excluding carboxylic acids is 1. The van der Waals surface area contributed by atoms with Crippen LogP contribution in [0.5, 0.6) is 5.75 Å². The van der Waals surface area contributed by atoms with Crippen molar-refractivity contribution in [2.75, 3.05) is 7.11 Å². The second-order valence-corrected chi connectivity index (χ2v) is 5.71. The topological polar surface area (TPSA) is 51.5 Å². The van der Waals surface area contributed by atoms with Crippen molar-refractivity contribution < 1.29 is 13.9 Å². The van der Waals surface area contributed by atoms with Crippen LogP contribution < -0.4 is 10.1 Å². The number of rotatable bonds is 6. The normalized spacial score (nSPS) is 11.6. The number of carbonyl (C=O) groups is 1. The highest BCUT2D eigenvalue weighted by Gasteiger charge is 2.21. The van der Waals surface area contributed by atoms with Gasteiger partial charge in [-0.05, 0) is 50.1 Å². The van der Waals surface area contributed by atoms with Gasteiger partial charge in [0.15, 0.2) is 0 Å². The van der Waals surface area contributed by atoms with E-state index in [1.54, 1.807) is 31.6 Å². The molecule has 0 saturated carbocycles. The van der Waals surface area contributed by atoms with Gasteiger partial charge in [-0.1, -0.05) is 18.2 Å². The Balaban J connectivity index is 1.99. The summed E-state index contributed by atoms with van der Waals surface area (Å²) in [6.45, 7) is 3.97. The minimum absolute atomic E-state index is 0.156. The SMILES string of the molecule is COc1ccccc1CC(C)(C)NC(=O)/C=C/c1ccco1. The molecule has 0 bridgehead atoms. The number of hydrogen-bond acceptors (Lipinski definition) is 3. The van der Waals surface area contributed by atoms with Crippen molar-refractivity contribution >= 4 is 12.0 Å². The van der Waals surface area contributed by atoms with Crippen LogP contribution >= 0.6 is 0 Å². The third-order valence-corrected chi connectivity index (χ3v) is 3.23. The highest BCUT2D eigenvalue weighted by atomic mass is 16.5. The summed E-state index contributed by atoms with van der Waals surface area (Å²) in [7, 11) is 1.65. The highest BCUT2D eigenvalue weighted by Crippen LogP contribution is 2.22. The molecule has 0 aliphatic heterocycles. The molecule has 1 heterocycles. The number of amides is 1. The summed E-state index contributed by atoms with van der Waals surface area (Å²) in [5.41, 5.74) is 0.671. The number of para-hydroxylation sites is 1. The number of furan rings is 1. The Bertz CT molecular complexity index is 642. The molecule has 1 aromatic heterocycles. The molecule has 4 heteroatoms. The molecule has 0 aliphatic rings. The van der Waals surface area contributed by atoms with Crippen molar-refractivity contribution in [2.24, 2.45) is 0 Å². The predicted octanol–water partition coefficient (Wildman–Crippen LogP) is 3.44. The molecule has 1 N–H and O–H groups in total. The minimum Gasteiger partial charge on any atom is -0.496 e. The largest absolute Gasteiger partial charge is 0.496 e. The van der Waals surface area contributed by atoms with Gasteiger partial charge >= 0.3 is 0 Å². The fourth-order valence-corrected chi connectivity index (χ4v) is 2.29. The molecule has 116 valence electrons. The van der Waals surface area contributed by atoms with E-state index in [-0.39, 0.29) is 11.4 Å². The molecule has 0 aliphatic carbocycles. The Kier molecular flexibility index (Phi) is 5.04. The molecule has 0 fully saturated rings. The zero-order chi connectivity index (χ0) is 16.0. The van der Waals surface area contributed by atoms with Crippen molar-refractivity contribution in [2.45, 2.75) is 25.8 Å². The molecule has 0 unspecified atom stereocenters. The number of benzene rings is 1. The van der Waals surface area contributed by atoms with E-state index < -0.39 is 0 Å². The van der Waals surface area contributed by atoms with E-state index >= 15 is 0 Å². The average Bonchev–Trinajstić information content (AvgIpc) is 2.98. The smallest absolute Gasteiger partial charge is 0.244 e. The Morgan fingerprint density at radius 3 is 2.73 bits per heavy atom. The van der Waals surface area contributed by atoms with Gasteiger partial charge in [0, 0.05) is 11.6 Å². The molecule has 4 nitrogen and oxygen atoms in total. The first-order valence-electron chi connectivity index (χ1n) is 7.16. The van der Waals surface area contributed by atoms with Crippen LogP contribution in [-0.2, 0) is 11.2 Å². The number of hydrogen-bond donors (Lipinski definition) is 1. The van der Waals surface area contributed by atoms with Gasteiger partial charge in [-0.15, -0.1) is 0 Å². The molecule has 0 saturated heterocycles. The first-order chi connectivity index (χ1) is 10.5. The Morgan fingerprint density at radius 2 is 2.05 bits per heavy atom. The van der Waals surface area contributed by atoms with E-state index in [0.29, 0.717) is 12.2 Å². The van der Waals surface area contributed by atoms with Crippen LogP contribution in [0.1, 0.15) is 25.2 Å². The fourth-order valence-electron chi connectivity index (χ4n) is 2.29. The van der Waals surface area contributed by atoms with E-state index in [4.69, 9.17) is 9.15 Å². The summed E-state index contributed by atoms with van der Waals surface area (Å²) in [5, 5.41) is 3.00. The van der Waals surface area contributed by atoms with Gasteiger partial charge in [0.1, 0.15) is 11.5 Å². The van der Waals surface area contributed by atoms with Crippen molar-refractivity contribution in [3.8, 4) is 5.75 Å². The Labute approximate surface area is 130 Å². The summed E-state index contributed by atoms with van der Waals surface area (Å²) >= 11 is 0. The van der Waals surface area contributed by atoms with Crippen molar-refractivity contribution in [3.05, 3.63) is 60.1 Å². The maximum absolute atomic E-state index is 12.0. The highest BCUT2D eigenvalue weighted by molar-refractivity contribution is 5.91. The fraction of sp³-hybridized carbons (Fsp3) is 0.278. The number of ether oxygens (including phenoxy) is 1. The van der Waals surface area contributed by atoms with Crippen LogP contribution in [0.2, 0.25) is 0 Å². The number of methoxy groups -OCH3 is 1. The summed E-state index contributed by atoms with van der Waals surface area (Å²) in [4.78, 5) is 12.0. The molecule has 0 spiro atoms. The molecule has 2 rings (SSSR count). The summed E-state index contributed by atoms with van der Waals surface area (Å²) < 4.78 is 10.5. The van der Waals surface area contributed by atoms with E-state index in [2.05, 4.69) is 5.32 Å². The first kappa shape index (κ1) is 15.9. The van der Waals surface area contributed by atoms with Crippen molar-refractivity contribution in [1.82, 2.24) is 5.32 Å². The first-order valence-corrected chi connectivity index (χ1v) is 7.16. The Hall–Kier alpha value is -2.49. The molecule has 1 amide bonds. The van der Waals surface area contributed by atoms with E-state index in [1.165, 1.54) is 6.08 Å². The van der Waals surface area contributed by atoms with E-state index in [1.807, 2.05) is 38.1 Å². The second kappa shape index (κ2) is 6.98. The van der Waals surface area contributed by atoms with Gasteiger partial charge in [-0.25, -0.2) is 0 Å². The van der Waals surface area contributed by atoms with Gasteiger partial charge in [0.2, 0.25) is 5.91 Å². The van der Waals surface area contributed by atoms with Crippen LogP contribution in [0.25, 0.3) is 6.08 Å². The van der Waals surface area contributed by atoms with Crippen LogP contribution in [0.4, 0.5) is 0 Å². The third-order valence-electron chi connectivity index (χ3n) is 3.23. The van der Waals surface area contributed by atoms with Gasteiger partial charge < -0.3 is 14.5 Å². The van der Waals surface area contributed by atoms with Gasteiger partial charge in [0.25, 0.3) is 0 Å². The zero-order valence-electron chi connectivity index (χ0n) is 13.1. The van der Waals surface area contributed by atoms with E-state index in [9.17, 15) is 4.79 Å². The summed E-state index contributed by atoms with van der Waals surface area (Å²) in [6.07, 6.45) is 5.37. The Morgan fingerprint density at radius 1 is 1.27 bits per heavy atom.